The average molecular weight is 266 g/mol. The highest BCUT2D eigenvalue weighted by molar-refractivity contribution is 4.98. The fourth-order valence-electron chi connectivity index (χ4n) is 2.38. The second kappa shape index (κ2) is 17.5. The fraction of sp³-hybridized carbons (Fsp3) is 0.889. The summed E-state index contributed by atoms with van der Waals surface area (Å²) < 4.78 is 0. The van der Waals surface area contributed by atoms with Crippen LogP contribution in [0.3, 0.4) is 0 Å². The second-order valence-corrected chi connectivity index (χ2v) is 5.50. The Morgan fingerprint density at radius 3 is 1.42 bits per heavy atom. The lowest BCUT2D eigenvalue weighted by Gasteiger charge is -2.02. The Morgan fingerprint density at radius 1 is 0.579 bits per heavy atom. The zero-order chi connectivity index (χ0) is 14.0. The Morgan fingerprint density at radius 2 is 1.00 bits per heavy atom. The summed E-state index contributed by atoms with van der Waals surface area (Å²) in [5.74, 6) is 5.67. The monoisotopic (exact) mass is 266 g/mol. The van der Waals surface area contributed by atoms with E-state index in [4.69, 9.17) is 5.11 Å². The highest BCUT2D eigenvalue weighted by Crippen LogP contribution is 2.12. The van der Waals surface area contributed by atoms with Gasteiger partial charge in [-0.3, -0.25) is 0 Å². The molecule has 0 aromatic carbocycles. The van der Waals surface area contributed by atoms with Gasteiger partial charge in [0.2, 0.25) is 0 Å². The largest absolute Gasteiger partial charge is 0.384 e. The molecule has 0 amide bonds. The molecule has 0 aromatic rings. The molecule has 0 fully saturated rings. The minimum absolute atomic E-state index is 0.0123. The third-order valence-corrected chi connectivity index (χ3v) is 3.61. The molecule has 0 unspecified atom stereocenters. The van der Waals surface area contributed by atoms with Crippen LogP contribution in [0.15, 0.2) is 0 Å². The molecule has 0 aliphatic rings. The average Bonchev–Trinajstić information content (AvgIpc) is 2.43. The summed E-state index contributed by atoms with van der Waals surface area (Å²) in [5, 5.41) is 8.50. The van der Waals surface area contributed by atoms with Crippen LogP contribution < -0.4 is 0 Å². The van der Waals surface area contributed by atoms with E-state index in [1.807, 2.05) is 0 Å². The van der Waals surface area contributed by atoms with Crippen molar-refractivity contribution >= 4 is 0 Å². The molecule has 1 nitrogen and oxygen atoms in total. The standard InChI is InChI=1S/C18H34O/c1-2-3-4-5-6-7-8-9-10-11-12-13-14-15-16-17-18-19/h19H,2-15,18H2,1H3. The number of rotatable bonds is 13. The van der Waals surface area contributed by atoms with Crippen LogP contribution in [0.25, 0.3) is 0 Å². The highest BCUT2D eigenvalue weighted by atomic mass is 16.2. The van der Waals surface area contributed by atoms with Gasteiger partial charge in [-0.1, -0.05) is 89.9 Å². The van der Waals surface area contributed by atoms with E-state index < -0.39 is 0 Å². The summed E-state index contributed by atoms with van der Waals surface area (Å²) in [7, 11) is 0. The van der Waals surface area contributed by atoms with Crippen molar-refractivity contribution < 1.29 is 5.11 Å². The Hall–Kier alpha value is -0.480. The van der Waals surface area contributed by atoms with Crippen molar-refractivity contribution in [2.75, 3.05) is 6.61 Å². The van der Waals surface area contributed by atoms with Crippen LogP contribution >= 0.6 is 0 Å². The van der Waals surface area contributed by atoms with E-state index in [1.165, 1.54) is 83.5 Å². The molecule has 0 rings (SSSR count). The molecule has 0 aliphatic carbocycles. The van der Waals surface area contributed by atoms with Crippen LogP contribution in [0.4, 0.5) is 0 Å². The van der Waals surface area contributed by atoms with Crippen molar-refractivity contribution in [3.8, 4) is 11.8 Å². The van der Waals surface area contributed by atoms with E-state index >= 15 is 0 Å². The lowest BCUT2D eigenvalue weighted by atomic mass is 10.0. The molecule has 0 aromatic heterocycles. The number of hydrogen-bond acceptors (Lipinski definition) is 1. The van der Waals surface area contributed by atoms with Gasteiger partial charge in [0.25, 0.3) is 0 Å². The maximum atomic E-state index is 8.50. The summed E-state index contributed by atoms with van der Waals surface area (Å²) in [6.45, 7) is 2.29. The quantitative estimate of drug-likeness (QED) is 0.346. The zero-order valence-electron chi connectivity index (χ0n) is 13.1. The lowest BCUT2D eigenvalue weighted by molar-refractivity contribution is 0.350. The van der Waals surface area contributed by atoms with E-state index in [0.717, 1.165) is 6.42 Å². The van der Waals surface area contributed by atoms with Crippen molar-refractivity contribution in [1.82, 2.24) is 0 Å². The van der Waals surface area contributed by atoms with Crippen molar-refractivity contribution in [2.24, 2.45) is 0 Å². The van der Waals surface area contributed by atoms with E-state index in [1.54, 1.807) is 0 Å². The molecule has 1 N–H and O–H groups in total. The molecule has 0 spiro atoms. The first-order valence-electron chi connectivity index (χ1n) is 8.48. The van der Waals surface area contributed by atoms with Crippen molar-refractivity contribution in [1.29, 1.82) is 0 Å². The van der Waals surface area contributed by atoms with Gasteiger partial charge in [0.05, 0.1) is 0 Å². The van der Waals surface area contributed by atoms with E-state index in [0.29, 0.717) is 0 Å². The fourth-order valence-corrected chi connectivity index (χ4v) is 2.38. The first-order valence-corrected chi connectivity index (χ1v) is 8.48. The van der Waals surface area contributed by atoms with Gasteiger partial charge in [-0.15, -0.1) is 5.92 Å². The summed E-state index contributed by atoms with van der Waals surface area (Å²) in [5.41, 5.74) is 0. The molecular formula is C18H34O. The predicted molar refractivity (Wildman–Crippen MR) is 85.2 cm³/mol. The highest BCUT2D eigenvalue weighted by Gasteiger charge is 1.93. The van der Waals surface area contributed by atoms with Gasteiger partial charge in [0.1, 0.15) is 6.61 Å². The van der Waals surface area contributed by atoms with Crippen LogP contribution in [-0.2, 0) is 0 Å². The van der Waals surface area contributed by atoms with Gasteiger partial charge in [-0.25, -0.2) is 0 Å². The molecule has 19 heavy (non-hydrogen) atoms. The Kier molecular flexibility index (Phi) is 17.1. The van der Waals surface area contributed by atoms with Crippen LogP contribution in [0.5, 0.6) is 0 Å². The molecule has 0 heterocycles. The normalized spacial score (nSPS) is 10.2. The predicted octanol–water partition coefficient (Wildman–Crippen LogP) is 5.46. The first-order chi connectivity index (χ1) is 9.41. The molecule has 112 valence electrons. The molecule has 0 saturated carbocycles. The van der Waals surface area contributed by atoms with E-state index in [-0.39, 0.29) is 6.61 Å². The van der Waals surface area contributed by atoms with Crippen molar-refractivity contribution in [3.63, 3.8) is 0 Å². The minimum Gasteiger partial charge on any atom is -0.384 e. The maximum Gasteiger partial charge on any atom is 0.104 e. The topological polar surface area (TPSA) is 20.2 Å². The Bertz CT molecular complexity index is 211. The lowest BCUT2D eigenvalue weighted by Crippen LogP contribution is -1.83. The molecular weight excluding hydrogens is 232 g/mol. The SMILES string of the molecule is CCCCCCCCCCCCCCCC#CCO. The van der Waals surface area contributed by atoms with Gasteiger partial charge in [0.15, 0.2) is 0 Å². The zero-order valence-corrected chi connectivity index (χ0v) is 13.1. The minimum atomic E-state index is 0.0123. The van der Waals surface area contributed by atoms with Crippen molar-refractivity contribution in [2.45, 2.75) is 96.8 Å². The number of hydrogen-bond donors (Lipinski definition) is 1. The summed E-state index contributed by atoms with van der Waals surface area (Å²) in [6.07, 6.45) is 19.0. The van der Waals surface area contributed by atoms with Gasteiger partial charge in [-0.05, 0) is 6.42 Å². The Balaban J connectivity index is 2.95. The molecule has 0 saturated heterocycles. The first kappa shape index (κ1) is 18.5. The van der Waals surface area contributed by atoms with Gasteiger partial charge in [0, 0.05) is 6.42 Å². The van der Waals surface area contributed by atoms with E-state index in [9.17, 15) is 0 Å². The van der Waals surface area contributed by atoms with Gasteiger partial charge < -0.3 is 5.11 Å². The van der Waals surface area contributed by atoms with Crippen LogP contribution in [0.1, 0.15) is 96.8 Å². The molecule has 0 bridgehead atoms. The summed E-state index contributed by atoms with van der Waals surface area (Å²) >= 11 is 0. The molecule has 1 heteroatoms. The number of aliphatic hydroxyl groups is 1. The maximum absolute atomic E-state index is 8.50. The van der Waals surface area contributed by atoms with Crippen LogP contribution in [-0.4, -0.2) is 11.7 Å². The number of aliphatic hydroxyl groups excluding tert-OH is 1. The summed E-state index contributed by atoms with van der Waals surface area (Å²) in [6, 6.07) is 0. The van der Waals surface area contributed by atoms with Gasteiger partial charge in [-0.2, -0.15) is 0 Å². The molecule has 0 aliphatic heterocycles. The third-order valence-electron chi connectivity index (χ3n) is 3.61. The number of unbranched alkanes of at least 4 members (excludes halogenated alkanes) is 13. The van der Waals surface area contributed by atoms with E-state index in [2.05, 4.69) is 18.8 Å². The van der Waals surface area contributed by atoms with Gasteiger partial charge >= 0.3 is 0 Å². The third kappa shape index (κ3) is 17.5. The molecule has 0 atom stereocenters. The van der Waals surface area contributed by atoms with Crippen LogP contribution in [0, 0.1) is 11.8 Å². The second-order valence-electron chi connectivity index (χ2n) is 5.50. The van der Waals surface area contributed by atoms with Crippen LogP contribution in [0.2, 0.25) is 0 Å². The molecule has 0 radical (unpaired) electrons. The summed E-state index contributed by atoms with van der Waals surface area (Å²) in [4.78, 5) is 0. The Labute approximate surface area is 121 Å². The smallest absolute Gasteiger partial charge is 0.104 e. The van der Waals surface area contributed by atoms with Crippen molar-refractivity contribution in [3.05, 3.63) is 0 Å².